The topological polar surface area (TPSA) is 132 Å². The second kappa shape index (κ2) is 10.2. The van der Waals surface area contributed by atoms with Gasteiger partial charge in [-0.2, -0.15) is 5.26 Å². The Morgan fingerprint density at radius 3 is 2.42 bits per heavy atom. The number of methoxy groups -OCH3 is 3. The van der Waals surface area contributed by atoms with Crippen LogP contribution in [-0.4, -0.2) is 50.1 Å². The average Bonchev–Trinajstić information content (AvgIpc) is 3.31. The number of fused-ring (bicyclic) bond motifs is 3. The number of anilines is 1. The summed E-state index contributed by atoms with van der Waals surface area (Å²) in [5.74, 6) is -1.58. The molecule has 0 N–H and O–H groups in total. The van der Waals surface area contributed by atoms with Crippen LogP contribution in [0, 0.1) is 26.9 Å². The van der Waals surface area contributed by atoms with Gasteiger partial charge in [-0.1, -0.05) is 48.6 Å². The van der Waals surface area contributed by atoms with Gasteiger partial charge in [0, 0.05) is 29.3 Å². The van der Waals surface area contributed by atoms with E-state index in [2.05, 4.69) is 6.07 Å². The molecular formula is C30H25N3O7. The molecule has 0 amide bonds. The minimum Gasteiger partial charge on any atom is -0.493 e. The third kappa shape index (κ3) is 3.86. The summed E-state index contributed by atoms with van der Waals surface area (Å²) in [7, 11) is 4.15. The van der Waals surface area contributed by atoms with Crippen molar-refractivity contribution in [2.75, 3.05) is 26.2 Å². The number of esters is 1. The summed E-state index contributed by atoms with van der Waals surface area (Å²) in [6.45, 7) is 0. The summed E-state index contributed by atoms with van der Waals surface area (Å²) in [4.78, 5) is 40.9. The number of rotatable bonds is 7. The molecule has 10 heteroatoms. The molecular weight excluding hydrogens is 514 g/mol. The summed E-state index contributed by atoms with van der Waals surface area (Å²) in [6.07, 6.45) is 3.55. The fourth-order valence-corrected chi connectivity index (χ4v) is 5.90. The first-order chi connectivity index (χ1) is 19.3. The van der Waals surface area contributed by atoms with Gasteiger partial charge in [-0.15, -0.1) is 0 Å². The Bertz CT molecular complexity index is 1590. The lowest BCUT2D eigenvalue weighted by Crippen LogP contribution is -2.46. The van der Waals surface area contributed by atoms with Crippen molar-refractivity contribution in [1.29, 1.82) is 5.26 Å². The second-order valence-electron chi connectivity index (χ2n) is 9.45. The first kappa shape index (κ1) is 26.4. The zero-order valence-corrected chi connectivity index (χ0v) is 21.9. The maximum absolute atomic E-state index is 14.5. The Morgan fingerprint density at radius 1 is 1.00 bits per heavy atom. The van der Waals surface area contributed by atoms with E-state index in [0.717, 1.165) is 5.56 Å². The highest BCUT2D eigenvalue weighted by molar-refractivity contribution is 6.06. The van der Waals surface area contributed by atoms with Crippen LogP contribution >= 0.6 is 0 Å². The van der Waals surface area contributed by atoms with E-state index < -0.39 is 40.1 Å². The van der Waals surface area contributed by atoms with Crippen LogP contribution in [0.1, 0.15) is 27.4 Å². The number of non-ortho nitro benzene ring substituents is 1. The fraction of sp³-hybridized carbons (Fsp3) is 0.233. The highest BCUT2D eigenvalue weighted by atomic mass is 16.6. The fourth-order valence-electron chi connectivity index (χ4n) is 5.90. The molecule has 1 fully saturated rings. The van der Waals surface area contributed by atoms with Gasteiger partial charge in [0.25, 0.3) is 5.69 Å². The van der Waals surface area contributed by atoms with Gasteiger partial charge >= 0.3 is 5.97 Å². The number of nitro groups is 1. The van der Waals surface area contributed by atoms with Gasteiger partial charge in [0.05, 0.1) is 38.4 Å². The zero-order chi connectivity index (χ0) is 28.6. The molecule has 3 aromatic carbocycles. The number of ketones is 1. The zero-order valence-electron chi connectivity index (χ0n) is 21.9. The molecule has 0 unspecified atom stereocenters. The molecule has 0 spiro atoms. The van der Waals surface area contributed by atoms with E-state index in [1.807, 2.05) is 24.3 Å². The van der Waals surface area contributed by atoms with E-state index in [0.29, 0.717) is 22.7 Å². The second-order valence-corrected chi connectivity index (χ2v) is 9.45. The first-order valence-corrected chi connectivity index (χ1v) is 12.4. The summed E-state index contributed by atoms with van der Waals surface area (Å²) in [5, 5.41) is 22.3. The van der Waals surface area contributed by atoms with Gasteiger partial charge in [0.1, 0.15) is 6.04 Å². The van der Waals surface area contributed by atoms with E-state index in [1.54, 1.807) is 35.2 Å². The Kier molecular flexibility index (Phi) is 6.73. The number of carbonyl (C=O) groups is 2. The molecule has 0 aliphatic carbocycles. The molecule has 202 valence electrons. The molecule has 10 nitrogen and oxygen atoms in total. The van der Waals surface area contributed by atoms with Crippen molar-refractivity contribution in [1.82, 2.24) is 0 Å². The van der Waals surface area contributed by atoms with Crippen molar-refractivity contribution in [2.45, 2.75) is 18.0 Å². The van der Waals surface area contributed by atoms with Crippen molar-refractivity contribution in [2.24, 2.45) is 5.41 Å². The summed E-state index contributed by atoms with van der Waals surface area (Å²) < 4.78 is 16.1. The van der Waals surface area contributed by atoms with Crippen LogP contribution in [0.3, 0.4) is 0 Å². The maximum atomic E-state index is 14.5. The monoisotopic (exact) mass is 539 g/mol. The lowest BCUT2D eigenvalue weighted by Gasteiger charge is -2.36. The smallest absolute Gasteiger partial charge is 0.329 e. The van der Waals surface area contributed by atoms with Gasteiger partial charge < -0.3 is 19.1 Å². The summed E-state index contributed by atoms with van der Waals surface area (Å²) in [5.41, 5.74) is -0.130. The Labute approximate surface area is 230 Å². The van der Waals surface area contributed by atoms with Gasteiger partial charge in [0.15, 0.2) is 22.7 Å². The SMILES string of the molecule is COC(=O)[C@@]1(C#N)[C@@H](c2ccc(OC)c(OC)c2)[C@@H](C(=O)c2cccc([N+](=O)[O-])c2)N2c3ccccc3C=C[C@@H]21. The van der Waals surface area contributed by atoms with Crippen LogP contribution in [0.25, 0.3) is 6.08 Å². The van der Waals surface area contributed by atoms with E-state index in [1.165, 1.54) is 45.6 Å². The molecule has 0 bridgehead atoms. The third-order valence-electron chi connectivity index (χ3n) is 7.63. The van der Waals surface area contributed by atoms with Crippen molar-refractivity contribution in [3.63, 3.8) is 0 Å². The number of benzene rings is 3. The highest BCUT2D eigenvalue weighted by Crippen LogP contribution is 2.57. The lowest BCUT2D eigenvalue weighted by molar-refractivity contribution is -0.384. The predicted octanol–water partition coefficient (Wildman–Crippen LogP) is 4.55. The Morgan fingerprint density at radius 2 is 1.75 bits per heavy atom. The number of nitriles is 1. The van der Waals surface area contributed by atoms with Gasteiger partial charge in [-0.25, -0.2) is 0 Å². The van der Waals surface area contributed by atoms with Gasteiger partial charge in [0.2, 0.25) is 0 Å². The van der Waals surface area contributed by atoms with Crippen molar-refractivity contribution < 1.29 is 28.7 Å². The summed E-state index contributed by atoms with van der Waals surface area (Å²) >= 11 is 0. The van der Waals surface area contributed by atoms with E-state index in [4.69, 9.17) is 14.2 Å². The number of para-hydroxylation sites is 1. The Hall–Kier alpha value is -5.17. The molecule has 2 aliphatic heterocycles. The van der Waals surface area contributed by atoms with Crippen molar-refractivity contribution in [3.05, 3.63) is 99.6 Å². The third-order valence-corrected chi connectivity index (χ3v) is 7.63. The number of Topliss-reactive ketones (excluding diaryl/α,β-unsaturated/α-hetero) is 1. The van der Waals surface area contributed by atoms with Crippen molar-refractivity contribution >= 4 is 29.2 Å². The van der Waals surface area contributed by atoms with Crippen LogP contribution in [0.5, 0.6) is 11.5 Å². The molecule has 0 saturated carbocycles. The molecule has 2 heterocycles. The quantitative estimate of drug-likeness (QED) is 0.184. The standard InChI is InChI=1S/C30H25N3O7/c1-38-23-13-11-19(16-24(23)39-2)26-27(28(34)20-8-6-9-21(15-20)33(36)37)32-22-10-5-4-7-18(22)12-14-25(32)30(26,17-31)29(35)40-3/h4-16,25-27H,1-3H3/t25-,26+,27+,30-/m1/s1. The molecule has 0 radical (unpaired) electrons. The van der Waals surface area contributed by atoms with E-state index in [9.17, 15) is 25.0 Å². The Balaban J connectivity index is 1.82. The van der Waals surface area contributed by atoms with Crippen LogP contribution in [0.4, 0.5) is 11.4 Å². The minimum absolute atomic E-state index is 0.0778. The normalized spacial score (nSPS) is 22.4. The molecule has 5 rings (SSSR count). The molecule has 4 atom stereocenters. The summed E-state index contributed by atoms with van der Waals surface area (Å²) in [6, 6.07) is 18.0. The van der Waals surface area contributed by atoms with E-state index in [-0.39, 0.29) is 11.3 Å². The average molecular weight is 540 g/mol. The number of carbonyl (C=O) groups excluding carboxylic acids is 2. The highest BCUT2D eigenvalue weighted by Gasteiger charge is 2.67. The van der Waals surface area contributed by atoms with Crippen LogP contribution < -0.4 is 14.4 Å². The molecule has 3 aromatic rings. The molecule has 40 heavy (non-hydrogen) atoms. The largest absolute Gasteiger partial charge is 0.493 e. The van der Waals surface area contributed by atoms with Crippen LogP contribution in [0.2, 0.25) is 0 Å². The minimum atomic E-state index is -1.86. The van der Waals surface area contributed by atoms with Gasteiger partial charge in [-0.05, 0) is 29.3 Å². The first-order valence-electron chi connectivity index (χ1n) is 12.4. The number of hydrogen-bond acceptors (Lipinski definition) is 9. The molecule has 1 saturated heterocycles. The van der Waals surface area contributed by atoms with Crippen molar-refractivity contribution in [3.8, 4) is 17.6 Å². The number of ether oxygens (including phenoxy) is 3. The van der Waals surface area contributed by atoms with Gasteiger partial charge in [-0.3, -0.25) is 19.7 Å². The van der Waals surface area contributed by atoms with Crippen LogP contribution in [-0.2, 0) is 9.53 Å². The van der Waals surface area contributed by atoms with E-state index >= 15 is 0 Å². The number of nitro benzene ring substituents is 1. The van der Waals surface area contributed by atoms with Crippen LogP contribution in [0.15, 0.2) is 72.8 Å². The molecule has 0 aromatic heterocycles. The number of hydrogen-bond donors (Lipinski definition) is 0. The number of nitrogens with zero attached hydrogens (tertiary/aromatic N) is 3. The lowest BCUT2D eigenvalue weighted by atomic mass is 9.68. The maximum Gasteiger partial charge on any atom is 0.329 e. The predicted molar refractivity (Wildman–Crippen MR) is 145 cm³/mol. The molecule has 2 aliphatic rings.